The van der Waals surface area contributed by atoms with Crippen molar-refractivity contribution in [2.24, 2.45) is 0 Å². The zero-order chi connectivity index (χ0) is 18.1. The van der Waals surface area contributed by atoms with E-state index in [2.05, 4.69) is 5.32 Å². The Balaban J connectivity index is 1.89. The van der Waals surface area contributed by atoms with E-state index in [-0.39, 0.29) is 5.91 Å². The highest BCUT2D eigenvalue weighted by molar-refractivity contribution is 6.31. The van der Waals surface area contributed by atoms with Gasteiger partial charge in [0, 0.05) is 17.1 Å². The molecule has 5 heteroatoms. The number of carbonyl (C=O) groups excluding carboxylic acids is 1. The second kappa shape index (κ2) is 9.94. The fourth-order valence-electron chi connectivity index (χ4n) is 2.48. The Morgan fingerprint density at radius 3 is 2.48 bits per heavy atom. The molecular weight excluding hydrogens is 338 g/mol. The number of hydrogen-bond donors (Lipinski definition) is 1. The van der Waals surface area contributed by atoms with Gasteiger partial charge in [0.2, 0.25) is 0 Å². The first-order valence-electron chi connectivity index (χ1n) is 8.57. The van der Waals surface area contributed by atoms with Gasteiger partial charge in [-0.2, -0.15) is 0 Å². The summed E-state index contributed by atoms with van der Waals surface area (Å²) < 4.78 is 11.1. The first kappa shape index (κ1) is 19.1. The van der Waals surface area contributed by atoms with Crippen LogP contribution in [0.5, 0.6) is 11.5 Å². The van der Waals surface area contributed by atoms with Crippen molar-refractivity contribution in [2.75, 3.05) is 19.8 Å². The standard InChI is InChI=1S/C20H24ClNO3/c1-3-24-18-12-11-16(14-19(18)25-4-2)20(23)22-13-7-9-15-8-5-6-10-17(15)21/h5-6,8,10-12,14H,3-4,7,9,13H2,1-2H3,(H,22,23). The minimum atomic E-state index is -0.122. The summed E-state index contributed by atoms with van der Waals surface area (Å²) in [5.74, 6) is 1.12. The zero-order valence-corrected chi connectivity index (χ0v) is 15.4. The molecule has 25 heavy (non-hydrogen) atoms. The topological polar surface area (TPSA) is 47.6 Å². The third-order valence-corrected chi connectivity index (χ3v) is 4.04. The van der Waals surface area contributed by atoms with Gasteiger partial charge in [0.15, 0.2) is 11.5 Å². The van der Waals surface area contributed by atoms with Crippen LogP contribution in [0.1, 0.15) is 36.2 Å². The van der Waals surface area contributed by atoms with Crippen molar-refractivity contribution in [2.45, 2.75) is 26.7 Å². The first-order valence-corrected chi connectivity index (χ1v) is 8.94. The van der Waals surface area contributed by atoms with Crippen LogP contribution < -0.4 is 14.8 Å². The van der Waals surface area contributed by atoms with E-state index in [1.54, 1.807) is 18.2 Å². The van der Waals surface area contributed by atoms with Gasteiger partial charge >= 0.3 is 0 Å². The van der Waals surface area contributed by atoms with Gasteiger partial charge in [0.1, 0.15) is 0 Å². The summed E-state index contributed by atoms with van der Waals surface area (Å²) in [4.78, 5) is 12.3. The number of rotatable bonds is 9. The van der Waals surface area contributed by atoms with Crippen molar-refractivity contribution in [1.29, 1.82) is 0 Å². The monoisotopic (exact) mass is 361 g/mol. The van der Waals surface area contributed by atoms with Crippen molar-refractivity contribution in [1.82, 2.24) is 5.32 Å². The number of hydrogen-bond acceptors (Lipinski definition) is 3. The van der Waals surface area contributed by atoms with Gasteiger partial charge in [0.05, 0.1) is 13.2 Å². The van der Waals surface area contributed by atoms with Gasteiger partial charge in [-0.05, 0) is 56.5 Å². The summed E-state index contributed by atoms with van der Waals surface area (Å²) in [6.07, 6.45) is 1.65. The van der Waals surface area contributed by atoms with E-state index in [0.717, 1.165) is 23.4 Å². The van der Waals surface area contributed by atoms with E-state index in [0.29, 0.717) is 36.8 Å². The number of amides is 1. The minimum Gasteiger partial charge on any atom is -0.490 e. The maximum Gasteiger partial charge on any atom is 0.251 e. The third kappa shape index (κ3) is 5.68. The molecule has 0 aliphatic heterocycles. The van der Waals surface area contributed by atoms with Crippen LogP contribution in [0.2, 0.25) is 5.02 Å². The zero-order valence-electron chi connectivity index (χ0n) is 14.7. The van der Waals surface area contributed by atoms with Gasteiger partial charge in [-0.15, -0.1) is 0 Å². The lowest BCUT2D eigenvalue weighted by atomic mass is 10.1. The average Bonchev–Trinajstić information content (AvgIpc) is 2.62. The van der Waals surface area contributed by atoms with Gasteiger partial charge in [-0.3, -0.25) is 4.79 Å². The van der Waals surface area contributed by atoms with E-state index in [9.17, 15) is 4.79 Å². The Bertz CT molecular complexity index is 703. The molecular formula is C20H24ClNO3. The van der Waals surface area contributed by atoms with E-state index in [1.165, 1.54) is 0 Å². The molecule has 0 heterocycles. The Kier molecular flexibility index (Phi) is 7.61. The molecule has 0 spiro atoms. The van der Waals surface area contributed by atoms with Crippen LogP contribution >= 0.6 is 11.6 Å². The smallest absolute Gasteiger partial charge is 0.251 e. The Labute approximate surface area is 154 Å². The van der Waals surface area contributed by atoms with Crippen LogP contribution in [0.25, 0.3) is 0 Å². The van der Waals surface area contributed by atoms with Crippen LogP contribution in [0, 0.1) is 0 Å². The van der Waals surface area contributed by atoms with Crippen LogP contribution in [0.15, 0.2) is 42.5 Å². The summed E-state index contributed by atoms with van der Waals surface area (Å²) in [5, 5.41) is 3.70. The molecule has 1 amide bonds. The minimum absolute atomic E-state index is 0.122. The van der Waals surface area contributed by atoms with Gasteiger partial charge < -0.3 is 14.8 Å². The molecule has 0 aliphatic rings. The fraction of sp³-hybridized carbons (Fsp3) is 0.350. The molecule has 1 N–H and O–H groups in total. The highest BCUT2D eigenvalue weighted by Crippen LogP contribution is 2.28. The third-order valence-electron chi connectivity index (χ3n) is 3.67. The van der Waals surface area contributed by atoms with E-state index in [4.69, 9.17) is 21.1 Å². The molecule has 0 radical (unpaired) electrons. The fourth-order valence-corrected chi connectivity index (χ4v) is 2.71. The molecule has 134 valence electrons. The Morgan fingerprint density at radius 1 is 1.04 bits per heavy atom. The highest BCUT2D eigenvalue weighted by Gasteiger charge is 2.11. The van der Waals surface area contributed by atoms with Crippen molar-refractivity contribution >= 4 is 17.5 Å². The maximum atomic E-state index is 12.3. The van der Waals surface area contributed by atoms with Gasteiger partial charge in [-0.1, -0.05) is 29.8 Å². The number of halogens is 1. The lowest BCUT2D eigenvalue weighted by Crippen LogP contribution is -2.24. The normalized spacial score (nSPS) is 10.4. The molecule has 2 rings (SSSR count). The SMILES string of the molecule is CCOc1ccc(C(=O)NCCCc2ccccc2Cl)cc1OCC. The Morgan fingerprint density at radius 2 is 1.76 bits per heavy atom. The predicted octanol–water partition coefficient (Wildman–Crippen LogP) is 4.50. The van der Waals surface area contributed by atoms with Crippen molar-refractivity contribution in [3.8, 4) is 11.5 Å². The number of ether oxygens (including phenoxy) is 2. The lowest BCUT2D eigenvalue weighted by molar-refractivity contribution is 0.0952. The second-order valence-electron chi connectivity index (χ2n) is 5.48. The van der Waals surface area contributed by atoms with E-state index < -0.39 is 0 Å². The number of aryl methyl sites for hydroxylation is 1. The maximum absolute atomic E-state index is 12.3. The van der Waals surface area contributed by atoms with Crippen LogP contribution in [-0.2, 0) is 6.42 Å². The number of carbonyl (C=O) groups is 1. The molecule has 4 nitrogen and oxygen atoms in total. The average molecular weight is 362 g/mol. The lowest BCUT2D eigenvalue weighted by Gasteiger charge is -2.12. The van der Waals surface area contributed by atoms with E-state index >= 15 is 0 Å². The highest BCUT2D eigenvalue weighted by atomic mass is 35.5. The number of benzene rings is 2. The van der Waals surface area contributed by atoms with Gasteiger partial charge in [-0.25, -0.2) is 0 Å². The largest absolute Gasteiger partial charge is 0.490 e. The molecule has 0 saturated heterocycles. The molecule has 0 atom stereocenters. The number of nitrogens with one attached hydrogen (secondary N) is 1. The van der Waals surface area contributed by atoms with Gasteiger partial charge in [0.25, 0.3) is 5.91 Å². The van der Waals surface area contributed by atoms with Crippen LogP contribution in [0.3, 0.4) is 0 Å². The molecule has 0 bridgehead atoms. The van der Waals surface area contributed by atoms with Crippen LogP contribution in [-0.4, -0.2) is 25.7 Å². The summed E-state index contributed by atoms with van der Waals surface area (Å²) >= 11 is 6.14. The summed E-state index contributed by atoms with van der Waals surface area (Å²) in [6, 6.07) is 13.0. The van der Waals surface area contributed by atoms with Crippen molar-refractivity contribution in [3.63, 3.8) is 0 Å². The molecule has 0 saturated carbocycles. The molecule has 0 unspecified atom stereocenters. The predicted molar refractivity (Wildman–Crippen MR) is 101 cm³/mol. The van der Waals surface area contributed by atoms with E-state index in [1.807, 2.05) is 38.1 Å². The second-order valence-corrected chi connectivity index (χ2v) is 5.89. The van der Waals surface area contributed by atoms with Crippen LogP contribution in [0.4, 0.5) is 0 Å². The van der Waals surface area contributed by atoms with Crippen molar-refractivity contribution < 1.29 is 14.3 Å². The summed E-state index contributed by atoms with van der Waals surface area (Å²) in [6.45, 7) is 5.46. The molecule has 2 aromatic rings. The summed E-state index contributed by atoms with van der Waals surface area (Å²) in [7, 11) is 0. The molecule has 0 aromatic heterocycles. The summed E-state index contributed by atoms with van der Waals surface area (Å²) in [5.41, 5.74) is 1.66. The molecule has 2 aromatic carbocycles. The quantitative estimate of drug-likeness (QED) is 0.669. The molecule has 0 fully saturated rings. The first-order chi connectivity index (χ1) is 12.2. The molecule has 0 aliphatic carbocycles. The Hall–Kier alpha value is -2.20. The van der Waals surface area contributed by atoms with Crippen molar-refractivity contribution in [3.05, 3.63) is 58.6 Å².